The summed E-state index contributed by atoms with van der Waals surface area (Å²) in [4.78, 5) is 74.8. The smallest absolute Gasteiger partial charge is 0.260 e. The fourth-order valence-electron chi connectivity index (χ4n) is 7.06. The highest BCUT2D eigenvalue weighted by Gasteiger charge is 2.58. The molecule has 7 N–H and O–H groups in total. The van der Waals surface area contributed by atoms with E-state index in [4.69, 9.17) is 14.2 Å². The highest BCUT2D eigenvalue weighted by Crippen LogP contribution is 2.43. The number of aliphatic hydroxyl groups is 1. The second kappa shape index (κ2) is 24.6. The topological polar surface area (TPSA) is 226 Å². The third-order valence-corrected chi connectivity index (χ3v) is 11.3. The summed E-state index contributed by atoms with van der Waals surface area (Å²) in [6.07, 6.45) is 12.2. The molecule has 0 aromatic heterocycles. The van der Waals surface area contributed by atoms with Crippen LogP contribution in [0.4, 0.5) is 0 Å². The van der Waals surface area contributed by atoms with E-state index in [-0.39, 0.29) is 66.0 Å². The molecule has 17 heteroatoms. The van der Waals surface area contributed by atoms with Crippen molar-refractivity contribution in [3.05, 3.63) is 42.4 Å². The minimum atomic E-state index is -1.03. The Labute approximate surface area is 357 Å². The van der Waals surface area contributed by atoms with E-state index in [1.807, 2.05) is 26.8 Å². The largest absolute Gasteiger partial charge is 0.387 e. The number of epoxide rings is 1. The van der Waals surface area contributed by atoms with Gasteiger partial charge in [-0.2, -0.15) is 0 Å². The van der Waals surface area contributed by atoms with E-state index in [9.17, 15) is 33.9 Å². The molecule has 3 saturated heterocycles. The molecule has 10 atom stereocenters. The molecule has 0 aromatic carbocycles. The van der Waals surface area contributed by atoms with Crippen LogP contribution in [0.15, 0.2) is 36.0 Å². The molecule has 3 aliphatic rings. The molecular formula is C42H66BrN6O10. The number of hydrogen-bond donors (Lipinski definition) is 7. The molecule has 331 valence electrons. The maximum absolute atomic E-state index is 13.0. The summed E-state index contributed by atoms with van der Waals surface area (Å²) >= 11 is 3.09. The third-order valence-electron chi connectivity index (χ3n) is 10.8. The van der Waals surface area contributed by atoms with Gasteiger partial charge >= 0.3 is 0 Å². The lowest BCUT2D eigenvalue weighted by Gasteiger charge is -2.39. The van der Waals surface area contributed by atoms with Crippen molar-refractivity contribution in [1.82, 2.24) is 32.1 Å². The van der Waals surface area contributed by atoms with Crippen molar-refractivity contribution in [3.63, 3.8) is 0 Å². The number of rotatable bonds is 21. The summed E-state index contributed by atoms with van der Waals surface area (Å²) in [5.74, 6) is -2.29. The Morgan fingerprint density at radius 1 is 0.932 bits per heavy atom. The van der Waals surface area contributed by atoms with Crippen molar-refractivity contribution in [2.24, 2.45) is 11.8 Å². The van der Waals surface area contributed by atoms with Gasteiger partial charge in [0.05, 0.1) is 42.7 Å². The first-order valence-corrected chi connectivity index (χ1v) is 21.9. The predicted octanol–water partition coefficient (Wildman–Crippen LogP) is 2.50. The fourth-order valence-corrected chi connectivity index (χ4v) is 7.25. The van der Waals surface area contributed by atoms with Gasteiger partial charge in [0.2, 0.25) is 29.5 Å². The zero-order valence-corrected chi connectivity index (χ0v) is 37.1. The molecule has 0 saturated carbocycles. The van der Waals surface area contributed by atoms with E-state index in [0.717, 1.165) is 24.8 Å². The molecule has 1 spiro atoms. The zero-order chi connectivity index (χ0) is 43.7. The molecule has 1 radical (unpaired) electrons. The molecule has 3 aliphatic heterocycles. The number of unbranched alkanes of at least 4 members (excludes halogenated alkanes) is 2. The first-order valence-electron chi connectivity index (χ1n) is 20.7. The van der Waals surface area contributed by atoms with Gasteiger partial charge in [0.25, 0.3) is 5.91 Å². The standard InChI is InChI=1S/C42H66BrN6O10/c1-8-9-13-34(50)46-31-20-27(5)32(58-29(31)7)17-15-26(4)16-18-33-39(54)42(24-57-42)22-30(59-33)21-36(52)48-49-40(55)28(6)45-41(56)38(25(2)3)47-35(51)14-11-10-12-19-44-37(53)23-43/h8-9,13,15-16,18,25,27-33,38-39,54H,10-12,14,17,19-24H2,1-7H3,(H,44,53)(H,45,56)(H,46,50)(H,47,51)(H,48,52)(H,49,55)/b13-9-,18-16+,26-15+/t27-,28-,29+,30+,31+,32-,33+,38-,39+,42+/m0/s1. The molecule has 0 aliphatic carbocycles. The Morgan fingerprint density at radius 3 is 2.32 bits per heavy atom. The summed E-state index contributed by atoms with van der Waals surface area (Å²) in [6, 6.07) is -1.98. The van der Waals surface area contributed by atoms with Crippen LogP contribution in [-0.4, -0.2) is 113 Å². The van der Waals surface area contributed by atoms with Gasteiger partial charge in [0, 0.05) is 19.4 Å². The van der Waals surface area contributed by atoms with E-state index in [1.54, 1.807) is 32.4 Å². The Hall–Kier alpha value is -3.64. The van der Waals surface area contributed by atoms with Crippen LogP contribution in [0.1, 0.15) is 99.8 Å². The molecule has 59 heavy (non-hydrogen) atoms. The lowest BCUT2D eigenvalue weighted by Crippen LogP contribution is -2.56. The quantitative estimate of drug-likeness (QED) is 0.0223. The van der Waals surface area contributed by atoms with Crippen LogP contribution in [0.3, 0.4) is 0 Å². The summed E-state index contributed by atoms with van der Waals surface area (Å²) in [7, 11) is 0. The number of alkyl halides is 1. The molecule has 16 nitrogen and oxygen atoms in total. The van der Waals surface area contributed by atoms with Gasteiger partial charge in [0.15, 0.2) is 0 Å². The number of halogens is 1. The van der Waals surface area contributed by atoms with Crippen LogP contribution in [0.25, 0.3) is 0 Å². The maximum Gasteiger partial charge on any atom is 0.260 e. The molecule has 3 heterocycles. The number of nitrogens with one attached hydrogen (secondary N) is 6. The summed E-state index contributed by atoms with van der Waals surface area (Å²) in [5.41, 5.74) is 4.85. The average molecular weight is 895 g/mol. The summed E-state index contributed by atoms with van der Waals surface area (Å²) in [6.45, 7) is 13.8. The van der Waals surface area contributed by atoms with Gasteiger partial charge in [-0.05, 0) is 70.8 Å². The van der Waals surface area contributed by atoms with Crippen LogP contribution in [0.5, 0.6) is 0 Å². The maximum atomic E-state index is 13.0. The number of hydrogen-bond acceptors (Lipinski definition) is 10. The van der Waals surface area contributed by atoms with Crippen LogP contribution in [0.2, 0.25) is 0 Å². The van der Waals surface area contributed by atoms with Gasteiger partial charge in [-0.25, -0.2) is 0 Å². The summed E-state index contributed by atoms with van der Waals surface area (Å²) in [5, 5.41) is 22.4. The fraction of sp³-hybridized carbons (Fsp3) is 0.690. The van der Waals surface area contributed by atoms with Gasteiger partial charge in [-0.1, -0.05) is 79.9 Å². The SMILES string of the molecule is C[CH]/C=C\C(=O)N[C@@H]1C[C@H](C)[C@H](C/C=C(C)/C=C/[C@H]2O[C@H](CC(=O)NNC(=O)[C@H](C)NC(=O)[C@@H](NC(=O)CCCCCNC(=O)CBr)C(C)C)C[C@@]3(CO3)[C@@H]2O)O[C@@H]1C. The first-order chi connectivity index (χ1) is 28.0. The van der Waals surface area contributed by atoms with Crippen LogP contribution in [-0.2, 0) is 43.0 Å². The molecule has 0 bridgehead atoms. The number of allylic oxidation sites excluding steroid dienone is 3. The van der Waals surface area contributed by atoms with Crippen LogP contribution in [0, 0.1) is 18.3 Å². The van der Waals surface area contributed by atoms with E-state index >= 15 is 0 Å². The Kier molecular flexibility index (Phi) is 20.7. The second-order valence-corrected chi connectivity index (χ2v) is 16.8. The van der Waals surface area contributed by atoms with Crippen molar-refractivity contribution in [3.8, 4) is 0 Å². The minimum Gasteiger partial charge on any atom is -0.387 e. The molecule has 0 aromatic rings. The average Bonchev–Trinajstić information content (AvgIpc) is 3.97. The number of aliphatic hydroxyl groups excluding tert-OH is 1. The van der Waals surface area contributed by atoms with Gasteiger partial charge < -0.3 is 40.6 Å². The molecule has 0 unspecified atom stereocenters. The molecule has 3 fully saturated rings. The van der Waals surface area contributed by atoms with E-state index in [0.29, 0.717) is 32.4 Å². The lowest BCUT2D eigenvalue weighted by atomic mass is 9.87. The number of carbonyl (C=O) groups excluding carboxylic acids is 6. The monoisotopic (exact) mass is 893 g/mol. The Morgan fingerprint density at radius 2 is 1.66 bits per heavy atom. The highest BCUT2D eigenvalue weighted by atomic mass is 79.9. The predicted molar refractivity (Wildman–Crippen MR) is 225 cm³/mol. The van der Waals surface area contributed by atoms with Crippen molar-refractivity contribution in [2.75, 3.05) is 18.5 Å². The Bertz CT molecular complexity index is 1530. The van der Waals surface area contributed by atoms with Crippen molar-refractivity contribution >= 4 is 51.4 Å². The van der Waals surface area contributed by atoms with E-state index < -0.39 is 53.7 Å². The minimum absolute atomic E-state index is 0.0216. The molecule has 3 rings (SSSR count). The number of amides is 6. The van der Waals surface area contributed by atoms with Crippen LogP contribution < -0.4 is 32.1 Å². The lowest BCUT2D eigenvalue weighted by molar-refractivity contribution is -0.146. The van der Waals surface area contributed by atoms with Crippen molar-refractivity contribution in [1.29, 1.82) is 0 Å². The van der Waals surface area contributed by atoms with E-state index in [2.05, 4.69) is 61.0 Å². The van der Waals surface area contributed by atoms with Crippen LogP contribution >= 0.6 is 15.9 Å². The zero-order valence-electron chi connectivity index (χ0n) is 35.5. The van der Waals surface area contributed by atoms with Gasteiger partial charge in [0.1, 0.15) is 29.9 Å². The normalized spacial score (nSPS) is 27.9. The highest BCUT2D eigenvalue weighted by molar-refractivity contribution is 9.09. The number of hydrazine groups is 1. The first kappa shape index (κ1) is 49.7. The third kappa shape index (κ3) is 16.7. The Balaban J connectivity index is 1.43. The van der Waals surface area contributed by atoms with Crippen molar-refractivity contribution in [2.45, 2.75) is 154 Å². The summed E-state index contributed by atoms with van der Waals surface area (Å²) < 4.78 is 18.1. The van der Waals surface area contributed by atoms with Crippen molar-refractivity contribution < 1.29 is 48.1 Å². The van der Waals surface area contributed by atoms with Gasteiger partial charge in [-0.15, -0.1) is 0 Å². The molecule has 6 amide bonds. The number of carbonyl (C=O) groups is 6. The molecular weight excluding hydrogens is 828 g/mol. The van der Waals surface area contributed by atoms with Gasteiger partial charge in [-0.3, -0.25) is 39.6 Å². The number of ether oxygens (including phenoxy) is 3. The second-order valence-electron chi connectivity index (χ2n) is 16.2. The van der Waals surface area contributed by atoms with E-state index in [1.165, 1.54) is 13.0 Å².